The molecule has 0 radical (unpaired) electrons. The minimum atomic E-state index is -0.00817. The zero-order valence-electron chi connectivity index (χ0n) is 10.5. The number of anilines is 1. The van der Waals surface area contributed by atoms with Gasteiger partial charge in [0.25, 0.3) is 0 Å². The lowest BCUT2D eigenvalue weighted by atomic mass is 9.97. The minimum absolute atomic E-state index is 0.00817. The Morgan fingerprint density at radius 2 is 2.33 bits per heavy atom. The first-order chi connectivity index (χ1) is 8.60. The topological polar surface area (TPSA) is 62.1 Å². The van der Waals surface area contributed by atoms with Crippen LogP contribution in [0, 0.1) is 5.92 Å². The molecule has 1 unspecified atom stereocenters. The first-order valence-corrected chi connectivity index (χ1v) is 6.93. The van der Waals surface area contributed by atoms with Crippen molar-refractivity contribution < 1.29 is 5.11 Å². The number of aliphatic hydroxyl groups excluding tert-OH is 1. The van der Waals surface area contributed by atoms with Crippen LogP contribution in [0.25, 0.3) is 10.3 Å². The molecule has 0 amide bonds. The van der Waals surface area contributed by atoms with E-state index >= 15 is 0 Å². The Hall–Kier alpha value is -1.27. The molecule has 18 heavy (non-hydrogen) atoms. The highest BCUT2D eigenvalue weighted by Gasteiger charge is 2.39. The Morgan fingerprint density at radius 3 is 3.06 bits per heavy atom. The second-order valence-corrected chi connectivity index (χ2v) is 6.22. The lowest BCUT2D eigenvalue weighted by molar-refractivity contribution is 0.232. The van der Waals surface area contributed by atoms with Gasteiger partial charge in [-0.3, -0.25) is 0 Å². The first-order valence-electron chi connectivity index (χ1n) is 6.05. The maximum Gasteiger partial charge on any atom is 0.227 e. The van der Waals surface area contributed by atoms with Crippen molar-refractivity contribution in [3.05, 3.63) is 11.7 Å². The van der Waals surface area contributed by atoms with Crippen molar-refractivity contribution in [1.29, 1.82) is 0 Å². The number of hydrogen-bond acceptors (Lipinski definition) is 6. The average Bonchev–Trinajstić information content (AvgIpc) is 2.91. The van der Waals surface area contributed by atoms with E-state index in [1.54, 1.807) is 11.7 Å². The van der Waals surface area contributed by atoms with E-state index in [9.17, 15) is 5.11 Å². The van der Waals surface area contributed by atoms with Crippen molar-refractivity contribution in [3.8, 4) is 0 Å². The Morgan fingerprint density at radius 1 is 1.50 bits per heavy atom. The molecule has 3 heterocycles. The molecule has 6 heteroatoms. The Labute approximate surface area is 110 Å². The summed E-state index contributed by atoms with van der Waals surface area (Å²) < 4.78 is 0. The van der Waals surface area contributed by atoms with Crippen molar-refractivity contribution in [2.75, 3.05) is 18.1 Å². The third-order valence-corrected chi connectivity index (χ3v) is 4.27. The number of hydrogen-bond donors (Lipinski definition) is 1. The van der Waals surface area contributed by atoms with Gasteiger partial charge in [0.15, 0.2) is 0 Å². The highest BCUT2D eigenvalue weighted by atomic mass is 32.1. The number of fused-ring (bicyclic) bond motifs is 1. The number of aliphatic hydroxyl groups is 1. The second kappa shape index (κ2) is 4.13. The summed E-state index contributed by atoms with van der Waals surface area (Å²) in [6.45, 7) is 5.38. The van der Waals surface area contributed by atoms with Gasteiger partial charge in [0.2, 0.25) is 5.95 Å². The SMILES string of the molecule is CC1(C)CC(CO)CN1c1ncc2ncsc2n1. The van der Waals surface area contributed by atoms with E-state index < -0.39 is 0 Å². The van der Waals surface area contributed by atoms with E-state index in [-0.39, 0.29) is 12.1 Å². The van der Waals surface area contributed by atoms with Crippen molar-refractivity contribution in [2.45, 2.75) is 25.8 Å². The van der Waals surface area contributed by atoms with Gasteiger partial charge in [0.1, 0.15) is 10.3 Å². The van der Waals surface area contributed by atoms with Crippen LogP contribution in [0.5, 0.6) is 0 Å². The average molecular weight is 264 g/mol. The fourth-order valence-electron chi connectivity index (χ4n) is 2.65. The molecule has 2 aromatic heterocycles. The van der Waals surface area contributed by atoms with E-state index in [0.717, 1.165) is 29.3 Å². The molecule has 0 spiro atoms. The fourth-order valence-corrected chi connectivity index (χ4v) is 3.28. The van der Waals surface area contributed by atoms with Crippen LogP contribution in [0.1, 0.15) is 20.3 Å². The molecule has 0 saturated carbocycles. The molecule has 1 aliphatic heterocycles. The van der Waals surface area contributed by atoms with E-state index in [1.807, 2.05) is 0 Å². The third-order valence-electron chi connectivity index (χ3n) is 3.54. The van der Waals surface area contributed by atoms with Crippen LogP contribution in [-0.2, 0) is 0 Å². The van der Waals surface area contributed by atoms with E-state index in [0.29, 0.717) is 5.92 Å². The molecule has 1 N–H and O–H groups in total. The highest BCUT2D eigenvalue weighted by molar-refractivity contribution is 7.16. The molecule has 0 bridgehead atoms. The van der Waals surface area contributed by atoms with E-state index in [1.165, 1.54) is 11.3 Å². The number of thiazole rings is 1. The van der Waals surface area contributed by atoms with Crippen LogP contribution >= 0.6 is 11.3 Å². The Bertz CT molecular complexity index is 568. The lowest BCUT2D eigenvalue weighted by Gasteiger charge is -2.31. The smallest absolute Gasteiger partial charge is 0.227 e. The highest BCUT2D eigenvalue weighted by Crippen LogP contribution is 2.35. The quantitative estimate of drug-likeness (QED) is 0.894. The van der Waals surface area contributed by atoms with Gasteiger partial charge in [-0.1, -0.05) is 0 Å². The van der Waals surface area contributed by atoms with Crippen LogP contribution in [-0.4, -0.2) is 38.7 Å². The van der Waals surface area contributed by atoms with Crippen molar-refractivity contribution in [2.24, 2.45) is 5.92 Å². The fraction of sp³-hybridized carbons (Fsp3) is 0.583. The summed E-state index contributed by atoms with van der Waals surface area (Å²) in [6.07, 6.45) is 2.74. The largest absolute Gasteiger partial charge is 0.396 e. The standard InChI is InChI=1S/C12H16N4OS/c1-12(2)3-8(6-17)5-16(12)11-13-4-9-10(15-11)18-7-14-9/h4,7-8,17H,3,5-6H2,1-2H3. The van der Waals surface area contributed by atoms with Crippen LogP contribution in [0.15, 0.2) is 11.7 Å². The van der Waals surface area contributed by atoms with Crippen LogP contribution in [0.2, 0.25) is 0 Å². The molecule has 0 aromatic carbocycles. The Kier molecular flexibility index (Phi) is 2.71. The molecule has 1 saturated heterocycles. The molecular weight excluding hydrogens is 248 g/mol. The normalized spacial score (nSPS) is 22.8. The van der Waals surface area contributed by atoms with Gasteiger partial charge >= 0.3 is 0 Å². The lowest BCUT2D eigenvalue weighted by Crippen LogP contribution is -2.39. The molecule has 96 valence electrons. The number of aromatic nitrogens is 3. The zero-order valence-corrected chi connectivity index (χ0v) is 11.3. The second-order valence-electron chi connectivity index (χ2n) is 5.39. The molecule has 1 fully saturated rings. The predicted molar refractivity (Wildman–Crippen MR) is 71.8 cm³/mol. The van der Waals surface area contributed by atoms with Crippen molar-refractivity contribution >= 4 is 27.6 Å². The van der Waals surface area contributed by atoms with Crippen LogP contribution in [0.3, 0.4) is 0 Å². The minimum Gasteiger partial charge on any atom is -0.396 e. The first kappa shape index (κ1) is 11.8. The van der Waals surface area contributed by atoms with Gasteiger partial charge in [-0.05, 0) is 20.3 Å². The molecule has 3 rings (SSSR count). The predicted octanol–water partition coefficient (Wildman–Crippen LogP) is 1.68. The zero-order chi connectivity index (χ0) is 12.8. The summed E-state index contributed by atoms with van der Waals surface area (Å²) in [7, 11) is 0. The molecule has 5 nitrogen and oxygen atoms in total. The third kappa shape index (κ3) is 1.85. The molecule has 1 atom stereocenters. The van der Waals surface area contributed by atoms with Gasteiger partial charge in [-0.25, -0.2) is 15.0 Å². The van der Waals surface area contributed by atoms with Gasteiger partial charge in [-0.15, -0.1) is 11.3 Å². The summed E-state index contributed by atoms with van der Waals surface area (Å²) in [6, 6.07) is 0. The molecule has 1 aliphatic rings. The van der Waals surface area contributed by atoms with Crippen molar-refractivity contribution in [3.63, 3.8) is 0 Å². The van der Waals surface area contributed by atoms with Gasteiger partial charge < -0.3 is 10.0 Å². The van der Waals surface area contributed by atoms with Gasteiger partial charge in [0.05, 0.1) is 11.7 Å². The maximum atomic E-state index is 9.33. The van der Waals surface area contributed by atoms with Crippen molar-refractivity contribution in [1.82, 2.24) is 15.0 Å². The number of rotatable bonds is 2. The van der Waals surface area contributed by atoms with E-state index in [2.05, 4.69) is 33.7 Å². The Balaban J connectivity index is 1.98. The van der Waals surface area contributed by atoms with Gasteiger partial charge in [-0.2, -0.15) is 0 Å². The number of nitrogens with zero attached hydrogens (tertiary/aromatic N) is 4. The summed E-state index contributed by atoms with van der Waals surface area (Å²) in [5, 5.41) is 9.33. The molecule has 0 aliphatic carbocycles. The summed E-state index contributed by atoms with van der Waals surface area (Å²) in [4.78, 5) is 16.3. The van der Waals surface area contributed by atoms with Crippen LogP contribution < -0.4 is 4.90 Å². The summed E-state index contributed by atoms with van der Waals surface area (Å²) in [5.74, 6) is 1.05. The summed E-state index contributed by atoms with van der Waals surface area (Å²) >= 11 is 1.53. The van der Waals surface area contributed by atoms with E-state index in [4.69, 9.17) is 0 Å². The molecular formula is C12H16N4OS. The van der Waals surface area contributed by atoms with Crippen LogP contribution in [0.4, 0.5) is 5.95 Å². The summed E-state index contributed by atoms with van der Waals surface area (Å²) in [5.41, 5.74) is 2.63. The monoisotopic (exact) mass is 264 g/mol. The maximum absolute atomic E-state index is 9.33. The van der Waals surface area contributed by atoms with Gasteiger partial charge in [0, 0.05) is 24.6 Å². The molecule has 2 aromatic rings.